The van der Waals surface area contributed by atoms with Crippen LogP contribution in [0.3, 0.4) is 0 Å². The molecule has 1 aliphatic carbocycles. The molecule has 1 heterocycles. The van der Waals surface area contributed by atoms with Crippen molar-refractivity contribution in [1.82, 2.24) is 4.90 Å². The second kappa shape index (κ2) is 7.98. The molecule has 5 heteroatoms. The molecule has 0 radical (unpaired) electrons. The van der Waals surface area contributed by atoms with E-state index in [1.54, 1.807) is 4.90 Å². The second-order valence-electron chi connectivity index (χ2n) is 5.65. The third-order valence-corrected chi connectivity index (χ3v) is 3.45. The summed E-state index contributed by atoms with van der Waals surface area (Å²) >= 11 is 0. The summed E-state index contributed by atoms with van der Waals surface area (Å²) in [5, 5.41) is 0. The van der Waals surface area contributed by atoms with Crippen LogP contribution in [0, 0.1) is 0 Å². The fourth-order valence-electron chi connectivity index (χ4n) is 2.44. The highest BCUT2D eigenvalue weighted by Gasteiger charge is 2.27. The lowest BCUT2D eigenvalue weighted by atomic mass is 9.92. The fraction of sp³-hybridized carbons (Fsp3) is 0.625. The van der Waals surface area contributed by atoms with Crippen molar-refractivity contribution in [2.45, 2.75) is 52.2 Å². The predicted molar refractivity (Wildman–Crippen MR) is 82.5 cm³/mol. The average molecular weight is 294 g/mol. The van der Waals surface area contributed by atoms with Crippen LogP contribution in [-0.2, 0) is 14.3 Å². The molecule has 0 bridgehead atoms. The van der Waals surface area contributed by atoms with Crippen molar-refractivity contribution in [2.75, 3.05) is 13.6 Å². The Morgan fingerprint density at radius 1 is 1.43 bits per heavy atom. The molecule has 0 aromatic heterocycles. The first kappa shape index (κ1) is 17.4. The van der Waals surface area contributed by atoms with Gasteiger partial charge in [0.2, 0.25) is 5.91 Å². The first-order valence-electron chi connectivity index (χ1n) is 7.39. The molecule has 1 atom stereocenters. The zero-order valence-corrected chi connectivity index (χ0v) is 13.4. The van der Waals surface area contributed by atoms with Crippen LogP contribution in [0.4, 0.5) is 0 Å². The smallest absolute Gasteiger partial charge is 0.302 e. The fourth-order valence-corrected chi connectivity index (χ4v) is 2.44. The maximum atomic E-state index is 11.7. The third kappa shape index (κ3) is 5.34. The molecule has 0 saturated heterocycles. The van der Waals surface area contributed by atoms with Gasteiger partial charge in [-0.3, -0.25) is 9.59 Å². The first-order chi connectivity index (χ1) is 9.82. The molecule has 2 rings (SSSR count). The number of carbonyl (C=O) groups is 2. The highest BCUT2D eigenvalue weighted by atomic mass is 16.5. The molecular weight excluding hydrogens is 268 g/mol. The zero-order valence-electron chi connectivity index (χ0n) is 13.4. The number of nitrogens with two attached hydrogens (primary N) is 1. The number of likely N-dealkylation sites (N-methyl/N-ethyl adjacent to an activating group) is 1. The summed E-state index contributed by atoms with van der Waals surface area (Å²) in [7, 11) is 1.82. The Morgan fingerprint density at radius 3 is 2.62 bits per heavy atom. The predicted octanol–water partition coefficient (Wildman–Crippen LogP) is 1.78. The van der Waals surface area contributed by atoms with E-state index < -0.39 is 6.04 Å². The Kier molecular flexibility index (Phi) is 6.62. The summed E-state index contributed by atoms with van der Waals surface area (Å²) in [6.45, 7) is 5.85. The Bertz CT molecular complexity index is 452. The molecule has 21 heavy (non-hydrogen) atoms. The number of carbonyl (C=O) groups excluding carboxylic acids is 2. The SMILES string of the molecule is CC(=O)OC(C)C.CN1CCC2=C(C=CCC2)C(N)C1=O. The summed E-state index contributed by atoms with van der Waals surface area (Å²) in [6, 6.07) is -0.436. The van der Waals surface area contributed by atoms with Gasteiger partial charge in [0.1, 0.15) is 6.04 Å². The zero-order chi connectivity index (χ0) is 16.0. The summed E-state index contributed by atoms with van der Waals surface area (Å²) in [5.41, 5.74) is 8.36. The van der Waals surface area contributed by atoms with Crippen molar-refractivity contribution >= 4 is 11.9 Å². The monoisotopic (exact) mass is 294 g/mol. The average Bonchev–Trinajstić information content (AvgIpc) is 2.51. The maximum Gasteiger partial charge on any atom is 0.302 e. The number of amides is 1. The van der Waals surface area contributed by atoms with Gasteiger partial charge in [-0.05, 0) is 38.7 Å². The van der Waals surface area contributed by atoms with E-state index in [0.717, 1.165) is 31.4 Å². The van der Waals surface area contributed by atoms with Gasteiger partial charge >= 0.3 is 5.97 Å². The molecule has 0 aromatic carbocycles. The molecule has 0 saturated carbocycles. The largest absolute Gasteiger partial charge is 0.463 e. The van der Waals surface area contributed by atoms with Gasteiger partial charge < -0.3 is 15.4 Å². The van der Waals surface area contributed by atoms with Gasteiger partial charge in [-0.25, -0.2) is 0 Å². The molecular formula is C16H26N2O3. The van der Waals surface area contributed by atoms with Crippen molar-refractivity contribution in [3.8, 4) is 0 Å². The highest BCUT2D eigenvalue weighted by Crippen LogP contribution is 2.26. The van der Waals surface area contributed by atoms with E-state index in [4.69, 9.17) is 5.73 Å². The number of nitrogens with zero attached hydrogens (tertiary/aromatic N) is 1. The number of hydrogen-bond donors (Lipinski definition) is 1. The topological polar surface area (TPSA) is 72.6 Å². The van der Waals surface area contributed by atoms with Crippen LogP contribution in [0.25, 0.3) is 0 Å². The highest BCUT2D eigenvalue weighted by molar-refractivity contribution is 5.86. The molecule has 0 spiro atoms. The summed E-state index contributed by atoms with van der Waals surface area (Å²) in [4.78, 5) is 23.5. The van der Waals surface area contributed by atoms with Crippen LogP contribution >= 0.6 is 0 Å². The second-order valence-corrected chi connectivity index (χ2v) is 5.65. The lowest BCUT2D eigenvalue weighted by Crippen LogP contribution is -2.41. The standard InChI is InChI=1S/C11H16N2O.C5H10O2/c1-13-7-6-8-4-2-3-5-9(8)10(12)11(13)14;1-4(2)7-5(3)6/h3,5,10H,2,4,6-7,12H2,1H3;4H,1-3H3. The van der Waals surface area contributed by atoms with Crippen LogP contribution in [0.2, 0.25) is 0 Å². The molecule has 0 aromatic rings. The summed E-state index contributed by atoms with van der Waals surface area (Å²) in [6.07, 6.45) is 7.30. The Labute approximate surface area is 126 Å². The van der Waals surface area contributed by atoms with Crippen LogP contribution < -0.4 is 5.73 Å². The van der Waals surface area contributed by atoms with Gasteiger partial charge in [0.25, 0.3) is 0 Å². The molecule has 1 unspecified atom stereocenters. The molecule has 118 valence electrons. The lowest BCUT2D eigenvalue weighted by Gasteiger charge is -2.18. The van der Waals surface area contributed by atoms with Crippen molar-refractivity contribution in [2.24, 2.45) is 5.73 Å². The number of ether oxygens (including phenoxy) is 1. The van der Waals surface area contributed by atoms with Gasteiger partial charge in [0.05, 0.1) is 6.10 Å². The van der Waals surface area contributed by atoms with Crippen LogP contribution in [0.15, 0.2) is 23.3 Å². The number of rotatable bonds is 1. The molecule has 5 nitrogen and oxygen atoms in total. The van der Waals surface area contributed by atoms with Gasteiger partial charge in [0.15, 0.2) is 0 Å². The van der Waals surface area contributed by atoms with E-state index in [0.29, 0.717) is 0 Å². The number of allylic oxidation sites excluding steroid dienone is 1. The first-order valence-corrected chi connectivity index (χ1v) is 7.39. The van der Waals surface area contributed by atoms with Crippen LogP contribution in [0.1, 0.15) is 40.0 Å². The van der Waals surface area contributed by atoms with Gasteiger partial charge in [-0.1, -0.05) is 17.7 Å². The van der Waals surface area contributed by atoms with E-state index in [9.17, 15) is 9.59 Å². The van der Waals surface area contributed by atoms with Gasteiger partial charge in [0, 0.05) is 20.5 Å². The molecule has 2 aliphatic rings. The lowest BCUT2D eigenvalue weighted by molar-refractivity contribution is -0.144. The summed E-state index contributed by atoms with van der Waals surface area (Å²) in [5.74, 6) is -0.170. The minimum atomic E-state index is -0.436. The molecule has 1 amide bonds. The van der Waals surface area contributed by atoms with Crippen molar-refractivity contribution in [3.05, 3.63) is 23.3 Å². The van der Waals surface area contributed by atoms with Gasteiger partial charge in [-0.15, -0.1) is 0 Å². The van der Waals surface area contributed by atoms with E-state index in [-0.39, 0.29) is 18.0 Å². The van der Waals surface area contributed by atoms with Crippen molar-refractivity contribution in [1.29, 1.82) is 0 Å². The minimum Gasteiger partial charge on any atom is -0.463 e. The number of esters is 1. The third-order valence-electron chi connectivity index (χ3n) is 3.45. The normalized spacial score (nSPS) is 21.5. The Hall–Kier alpha value is -1.62. The van der Waals surface area contributed by atoms with E-state index in [1.807, 2.05) is 27.0 Å². The minimum absolute atomic E-state index is 0.0255. The quantitative estimate of drug-likeness (QED) is 0.748. The molecule has 2 N–H and O–H groups in total. The van der Waals surface area contributed by atoms with E-state index in [2.05, 4.69) is 10.8 Å². The number of hydrogen-bond acceptors (Lipinski definition) is 4. The van der Waals surface area contributed by atoms with Crippen molar-refractivity contribution in [3.63, 3.8) is 0 Å². The van der Waals surface area contributed by atoms with Gasteiger partial charge in [-0.2, -0.15) is 0 Å². The maximum absolute atomic E-state index is 11.7. The van der Waals surface area contributed by atoms with Crippen LogP contribution in [-0.4, -0.2) is 42.5 Å². The molecule has 0 fully saturated rings. The molecule has 1 aliphatic heterocycles. The Balaban J connectivity index is 0.000000270. The van der Waals surface area contributed by atoms with Crippen LogP contribution in [0.5, 0.6) is 0 Å². The van der Waals surface area contributed by atoms with Crippen molar-refractivity contribution < 1.29 is 14.3 Å². The Morgan fingerprint density at radius 2 is 2.10 bits per heavy atom. The van der Waals surface area contributed by atoms with E-state index in [1.165, 1.54) is 12.5 Å². The summed E-state index contributed by atoms with van der Waals surface area (Å²) < 4.78 is 4.61. The van der Waals surface area contributed by atoms with E-state index >= 15 is 0 Å².